The van der Waals surface area contributed by atoms with Crippen molar-refractivity contribution in [2.45, 2.75) is 23.1 Å². The molecule has 0 amide bonds. The number of hydrogen-bond acceptors (Lipinski definition) is 7. The first-order chi connectivity index (χ1) is 13.2. The lowest BCUT2D eigenvalue weighted by Gasteiger charge is -2.18. The van der Waals surface area contributed by atoms with Crippen LogP contribution in [0.2, 0.25) is 0 Å². The summed E-state index contributed by atoms with van der Waals surface area (Å²) in [5.74, 6) is 0.999. The highest BCUT2D eigenvalue weighted by molar-refractivity contribution is 8.00. The Morgan fingerprint density at radius 2 is 2.11 bits per heavy atom. The highest BCUT2D eigenvalue weighted by atomic mass is 32.2. The second kappa shape index (κ2) is 7.56. The maximum absolute atomic E-state index is 14.7. The van der Waals surface area contributed by atoms with Crippen LogP contribution in [0.3, 0.4) is 0 Å². The molecule has 0 bridgehead atoms. The molecule has 1 fully saturated rings. The third kappa shape index (κ3) is 3.49. The summed E-state index contributed by atoms with van der Waals surface area (Å²) in [7, 11) is 1.68. The van der Waals surface area contributed by atoms with Gasteiger partial charge in [-0.3, -0.25) is 4.99 Å². The molecule has 140 valence electrons. The lowest BCUT2D eigenvalue weighted by atomic mass is 10.2. The van der Waals surface area contributed by atoms with E-state index in [-0.39, 0.29) is 5.37 Å². The highest BCUT2D eigenvalue weighted by Gasteiger charge is 2.28. The molecule has 2 aromatic heterocycles. The fourth-order valence-electron chi connectivity index (χ4n) is 3.31. The van der Waals surface area contributed by atoms with E-state index >= 15 is 0 Å². The molecule has 0 aromatic carbocycles. The highest BCUT2D eigenvalue weighted by Crippen LogP contribution is 2.46. The monoisotopic (exact) mass is 384 g/mol. The van der Waals surface area contributed by atoms with Crippen LogP contribution in [0.4, 0.5) is 16.0 Å². The molecule has 0 saturated carbocycles. The van der Waals surface area contributed by atoms with E-state index in [0.29, 0.717) is 11.4 Å². The Bertz CT molecular complexity index is 907. The van der Waals surface area contributed by atoms with Crippen LogP contribution in [0.5, 0.6) is 0 Å². The van der Waals surface area contributed by atoms with Crippen LogP contribution in [0.25, 0.3) is 5.57 Å². The Hall–Kier alpha value is -2.61. The number of allylic oxidation sites excluding steroid dienone is 1. The van der Waals surface area contributed by atoms with Gasteiger partial charge in [0.1, 0.15) is 17.0 Å². The van der Waals surface area contributed by atoms with Crippen molar-refractivity contribution in [3.8, 4) is 0 Å². The van der Waals surface area contributed by atoms with E-state index in [2.05, 4.69) is 25.2 Å². The van der Waals surface area contributed by atoms with Gasteiger partial charge < -0.3 is 16.0 Å². The SMILES string of the molecule is CN=CC(=CN)c1ccc2c(n1)NC(c1ccc(N3CCCC3)nc1F)S2. The minimum atomic E-state index is -0.432. The molecule has 1 atom stereocenters. The predicted octanol–water partition coefficient (Wildman–Crippen LogP) is 3.43. The summed E-state index contributed by atoms with van der Waals surface area (Å²) in [6.45, 7) is 1.89. The fraction of sp³-hybridized carbons (Fsp3) is 0.316. The van der Waals surface area contributed by atoms with Crippen LogP contribution < -0.4 is 16.0 Å². The molecular formula is C19H21FN6S. The number of rotatable bonds is 4. The van der Waals surface area contributed by atoms with E-state index in [1.807, 2.05) is 24.3 Å². The van der Waals surface area contributed by atoms with Gasteiger partial charge in [0.2, 0.25) is 5.95 Å². The number of anilines is 2. The van der Waals surface area contributed by atoms with Gasteiger partial charge in [-0.05, 0) is 37.1 Å². The number of halogens is 1. The van der Waals surface area contributed by atoms with Crippen LogP contribution >= 0.6 is 11.8 Å². The van der Waals surface area contributed by atoms with Crippen LogP contribution in [0.15, 0.2) is 40.4 Å². The Labute approximate surface area is 161 Å². The zero-order valence-corrected chi connectivity index (χ0v) is 15.8. The number of pyridine rings is 2. The second-order valence-corrected chi connectivity index (χ2v) is 7.59. The van der Waals surface area contributed by atoms with Gasteiger partial charge in [-0.2, -0.15) is 4.39 Å². The molecule has 6 nitrogen and oxygen atoms in total. The van der Waals surface area contributed by atoms with Crippen molar-refractivity contribution < 1.29 is 4.39 Å². The lowest BCUT2D eigenvalue weighted by molar-refractivity contribution is 0.567. The fourth-order valence-corrected chi connectivity index (χ4v) is 4.40. The average Bonchev–Trinajstić information content (AvgIpc) is 3.35. The van der Waals surface area contributed by atoms with Crippen molar-refractivity contribution in [1.29, 1.82) is 0 Å². The summed E-state index contributed by atoms with van der Waals surface area (Å²) in [4.78, 5) is 15.9. The van der Waals surface area contributed by atoms with Crippen molar-refractivity contribution in [2.75, 3.05) is 30.4 Å². The minimum Gasteiger partial charge on any atom is -0.404 e. The molecule has 4 heterocycles. The first-order valence-electron chi connectivity index (χ1n) is 8.89. The van der Waals surface area contributed by atoms with Gasteiger partial charge in [0.15, 0.2) is 0 Å². The van der Waals surface area contributed by atoms with Crippen LogP contribution in [-0.4, -0.2) is 36.3 Å². The van der Waals surface area contributed by atoms with Crippen LogP contribution in [-0.2, 0) is 0 Å². The quantitative estimate of drug-likeness (QED) is 0.621. The summed E-state index contributed by atoms with van der Waals surface area (Å²) in [5, 5.41) is 3.03. The molecule has 0 radical (unpaired) electrons. The van der Waals surface area contributed by atoms with Crippen molar-refractivity contribution in [2.24, 2.45) is 10.7 Å². The van der Waals surface area contributed by atoms with Gasteiger partial charge in [0.25, 0.3) is 0 Å². The van der Waals surface area contributed by atoms with Crippen molar-refractivity contribution >= 4 is 35.2 Å². The van der Waals surface area contributed by atoms with Gasteiger partial charge in [0, 0.05) is 43.7 Å². The average molecular weight is 384 g/mol. The molecule has 2 aliphatic heterocycles. The number of nitrogens with zero attached hydrogens (tertiary/aromatic N) is 4. The van der Waals surface area contributed by atoms with E-state index in [4.69, 9.17) is 5.73 Å². The molecule has 1 saturated heterocycles. The molecule has 8 heteroatoms. The summed E-state index contributed by atoms with van der Waals surface area (Å²) in [6, 6.07) is 7.58. The lowest BCUT2D eigenvalue weighted by Crippen LogP contribution is -2.20. The summed E-state index contributed by atoms with van der Waals surface area (Å²) >= 11 is 1.53. The maximum atomic E-state index is 14.7. The van der Waals surface area contributed by atoms with E-state index in [1.165, 1.54) is 18.0 Å². The number of fused-ring (bicyclic) bond motifs is 1. The molecule has 1 unspecified atom stereocenters. The van der Waals surface area contributed by atoms with E-state index in [1.54, 1.807) is 13.3 Å². The van der Waals surface area contributed by atoms with Crippen molar-refractivity contribution in [3.05, 3.63) is 47.7 Å². The Morgan fingerprint density at radius 3 is 2.81 bits per heavy atom. The first-order valence-corrected chi connectivity index (χ1v) is 9.77. The number of hydrogen-bond donors (Lipinski definition) is 2. The molecule has 2 aromatic rings. The molecule has 27 heavy (non-hydrogen) atoms. The summed E-state index contributed by atoms with van der Waals surface area (Å²) < 4.78 is 14.7. The standard InChI is InChI=1S/C19H21FN6S/c1-22-11-12(10-21)14-5-6-15-18(23-14)25-19(27-15)13-4-7-16(24-17(13)20)26-8-2-3-9-26/h4-7,10-11,19H,2-3,8-9,21H2,1H3,(H,23,25). The van der Waals surface area contributed by atoms with Gasteiger partial charge in [0.05, 0.1) is 10.6 Å². The number of aromatic nitrogens is 2. The first kappa shape index (κ1) is 17.8. The molecule has 0 spiro atoms. The zero-order valence-electron chi connectivity index (χ0n) is 15.0. The Balaban J connectivity index is 1.56. The van der Waals surface area contributed by atoms with E-state index in [9.17, 15) is 4.39 Å². The van der Waals surface area contributed by atoms with Crippen LogP contribution in [0.1, 0.15) is 29.5 Å². The number of aliphatic imine (C=N–C) groups is 1. The van der Waals surface area contributed by atoms with Gasteiger partial charge >= 0.3 is 0 Å². The summed E-state index contributed by atoms with van der Waals surface area (Å²) in [6.07, 6.45) is 5.41. The largest absolute Gasteiger partial charge is 0.404 e. The van der Waals surface area contributed by atoms with E-state index < -0.39 is 5.95 Å². The topological polar surface area (TPSA) is 79.4 Å². The zero-order chi connectivity index (χ0) is 18.8. The second-order valence-electron chi connectivity index (χ2n) is 6.44. The Morgan fingerprint density at radius 1 is 1.30 bits per heavy atom. The Kier molecular flexibility index (Phi) is 4.98. The maximum Gasteiger partial charge on any atom is 0.220 e. The number of nitrogens with two attached hydrogens (primary N) is 1. The number of nitrogens with one attached hydrogen (secondary N) is 1. The molecule has 0 aliphatic carbocycles. The van der Waals surface area contributed by atoms with Gasteiger partial charge in [-0.15, -0.1) is 0 Å². The smallest absolute Gasteiger partial charge is 0.220 e. The summed E-state index contributed by atoms with van der Waals surface area (Å²) in [5.41, 5.74) is 7.65. The third-order valence-electron chi connectivity index (χ3n) is 4.69. The molecule has 3 N–H and O–H groups in total. The molecule has 4 rings (SSSR count). The third-order valence-corrected chi connectivity index (χ3v) is 5.88. The van der Waals surface area contributed by atoms with Gasteiger partial charge in [-0.1, -0.05) is 11.8 Å². The number of thioether (sulfide) groups is 1. The molecule has 2 aliphatic rings. The minimum absolute atomic E-state index is 0.256. The van der Waals surface area contributed by atoms with E-state index in [0.717, 1.165) is 47.9 Å². The van der Waals surface area contributed by atoms with Crippen molar-refractivity contribution in [1.82, 2.24) is 9.97 Å². The van der Waals surface area contributed by atoms with Crippen molar-refractivity contribution in [3.63, 3.8) is 0 Å². The van der Waals surface area contributed by atoms with Gasteiger partial charge in [-0.25, -0.2) is 9.97 Å². The van der Waals surface area contributed by atoms with Crippen LogP contribution in [0, 0.1) is 5.95 Å². The molecular weight excluding hydrogens is 363 g/mol. The predicted molar refractivity (Wildman–Crippen MR) is 109 cm³/mol. The normalized spacial score (nSPS) is 19.6.